The van der Waals surface area contributed by atoms with Crippen LogP contribution in [0, 0.1) is 0 Å². The van der Waals surface area contributed by atoms with Crippen LogP contribution < -0.4 is 9.80 Å². The van der Waals surface area contributed by atoms with E-state index < -0.39 is 0 Å². The van der Waals surface area contributed by atoms with Crippen molar-refractivity contribution in [3.63, 3.8) is 0 Å². The molecule has 5 heteroatoms. The molecule has 0 spiro atoms. The van der Waals surface area contributed by atoms with Gasteiger partial charge < -0.3 is 14.9 Å². The molecule has 130 valence electrons. The summed E-state index contributed by atoms with van der Waals surface area (Å²) < 4.78 is 0. The van der Waals surface area contributed by atoms with E-state index in [0.717, 1.165) is 48.3 Å². The lowest BCUT2D eigenvalue weighted by Gasteiger charge is -2.27. The van der Waals surface area contributed by atoms with Crippen molar-refractivity contribution < 1.29 is 9.90 Å². The molecule has 1 aromatic heterocycles. The number of aromatic nitrogens is 1. The predicted octanol–water partition coefficient (Wildman–Crippen LogP) is 2.62. The average molecular weight is 337 g/mol. The van der Waals surface area contributed by atoms with E-state index >= 15 is 0 Å². The molecule has 0 aliphatic carbocycles. The fourth-order valence-electron chi connectivity index (χ4n) is 3.94. The van der Waals surface area contributed by atoms with E-state index in [1.165, 1.54) is 5.56 Å². The Morgan fingerprint density at radius 1 is 1.20 bits per heavy atom. The molecule has 4 rings (SSSR count). The summed E-state index contributed by atoms with van der Waals surface area (Å²) in [4.78, 5) is 20.3. The molecule has 5 nitrogen and oxygen atoms in total. The summed E-state index contributed by atoms with van der Waals surface area (Å²) in [6, 6.07) is 8.61. The second kappa shape index (κ2) is 6.48. The SMILES string of the molecule is CN1C(=O)CCc2cc(-c3cncc(N4CCC[C@H]4CO)c3)ccc21. The van der Waals surface area contributed by atoms with Crippen molar-refractivity contribution in [2.45, 2.75) is 31.7 Å². The number of hydrogen-bond donors (Lipinski definition) is 1. The lowest BCUT2D eigenvalue weighted by atomic mass is 9.96. The van der Waals surface area contributed by atoms with E-state index in [-0.39, 0.29) is 18.6 Å². The van der Waals surface area contributed by atoms with Gasteiger partial charge in [0, 0.05) is 37.5 Å². The van der Waals surface area contributed by atoms with Crippen LogP contribution in [0.5, 0.6) is 0 Å². The Kier molecular flexibility index (Phi) is 4.17. The summed E-state index contributed by atoms with van der Waals surface area (Å²) in [6.07, 6.45) is 7.25. The number of aliphatic hydroxyl groups excluding tert-OH is 1. The first kappa shape index (κ1) is 16.1. The third kappa shape index (κ3) is 2.89. The highest BCUT2D eigenvalue weighted by Crippen LogP contribution is 2.33. The van der Waals surface area contributed by atoms with Gasteiger partial charge in [0.15, 0.2) is 0 Å². The highest BCUT2D eigenvalue weighted by Gasteiger charge is 2.25. The Labute approximate surface area is 147 Å². The van der Waals surface area contributed by atoms with Gasteiger partial charge in [-0.15, -0.1) is 0 Å². The molecular weight excluding hydrogens is 314 g/mol. The number of fused-ring (bicyclic) bond motifs is 1. The second-order valence-corrected chi connectivity index (χ2v) is 6.90. The van der Waals surface area contributed by atoms with Gasteiger partial charge in [-0.25, -0.2) is 0 Å². The smallest absolute Gasteiger partial charge is 0.227 e. The standard InChI is InChI=1S/C20H23N3O2/c1-22-19-6-4-14(9-15(19)5-7-20(22)25)16-10-18(12-21-11-16)23-8-2-3-17(23)13-24/h4,6,9-12,17,24H,2-3,5,7-8,13H2,1H3/t17-/m0/s1. The maximum Gasteiger partial charge on any atom is 0.227 e. The maximum atomic E-state index is 11.9. The number of aryl methyl sites for hydroxylation is 1. The van der Waals surface area contributed by atoms with Crippen LogP contribution in [0.15, 0.2) is 36.7 Å². The van der Waals surface area contributed by atoms with Gasteiger partial charge in [0.1, 0.15) is 0 Å². The van der Waals surface area contributed by atoms with Crippen molar-refractivity contribution in [1.29, 1.82) is 0 Å². The molecule has 0 radical (unpaired) electrons. The highest BCUT2D eigenvalue weighted by atomic mass is 16.3. The molecule has 1 fully saturated rings. The van der Waals surface area contributed by atoms with E-state index in [0.29, 0.717) is 6.42 Å². The fraction of sp³-hybridized carbons (Fsp3) is 0.400. The molecule has 1 N–H and O–H groups in total. The second-order valence-electron chi connectivity index (χ2n) is 6.90. The number of aliphatic hydroxyl groups is 1. The van der Waals surface area contributed by atoms with Gasteiger partial charge in [0.05, 0.1) is 24.5 Å². The Morgan fingerprint density at radius 2 is 2.08 bits per heavy atom. The normalized spacial score (nSPS) is 20.1. The van der Waals surface area contributed by atoms with Crippen LogP contribution in [0.4, 0.5) is 11.4 Å². The zero-order valence-corrected chi connectivity index (χ0v) is 14.5. The van der Waals surface area contributed by atoms with E-state index in [4.69, 9.17) is 0 Å². The summed E-state index contributed by atoms with van der Waals surface area (Å²) in [7, 11) is 1.84. The Morgan fingerprint density at radius 3 is 2.92 bits per heavy atom. The van der Waals surface area contributed by atoms with Gasteiger partial charge in [-0.1, -0.05) is 6.07 Å². The van der Waals surface area contributed by atoms with Crippen molar-refractivity contribution in [1.82, 2.24) is 4.98 Å². The molecule has 1 atom stereocenters. The molecular formula is C20H23N3O2. The number of nitrogens with zero attached hydrogens (tertiary/aromatic N) is 3. The number of anilines is 2. The minimum atomic E-state index is 0.174. The zero-order chi connectivity index (χ0) is 17.4. The van der Waals surface area contributed by atoms with E-state index in [1.807, 2.05) is 25.5 Å². The first-order chi connectivity index (χ1) is 12.2. The van der Waals surface area contributed by atoms with Gasteiger partial charge >= 0.3 is 0 Å². The number of pyridine rings is 1. The van der Waals surface area contributed by atoms with Gasteiger partial charge in [-0.05, 0) is 48.6 Å². The van der Waals surface area contributed by atoms with E-state index in [1.54, 1.807) is 4.90 Å². The maximum absolute atomic E-state index is 11.9. The molecule has 1 saturated heterocycles. The molecule has 3 heterocycles. The van der Waals surface area contributed by atoms with Crippen LogP contribution in [0.1, 0.15) is 24.8 Å². The van der Waals surface area contributed by atoms with Crippen LogP contribution >= 0.6 is 0 Å². The lowest BCUT2D eigenvalue weighted by Crippen LogP contribution is -2.32. The number of hydrogen-bond acceptors (Lipinski definition) is 4. The largest absolute Gasteiger partial charge is 0.394 e. The third-order valence-electron chi connectivity index (χ3n) is 5.40. The monoisotopic (exact) mass is 337 g/mol. The molecule has 0 unspecified atom stereocenters. The van der Waals surface area contributed by atoms with Crippen molar-refractivity contribution >= 4 is 17.3 Å². The molecule has 0 saturated carbocycles. The number of carbonyl (C=O) groups is 1. The minimum absolute atomic E-state index is 0.174. The first-order valence-electron chi connectivity index (χ1n) is 8.90. The van der Waals surface area contributed by atoms with Gasteiger partial charge in [-0.2, -0.15) is 0 Å². The summed E-state index contributed by atoms with van der Waals surface area (Å²) in [6.45, 7) is 1.15. The molecule has 1 aromatic carbocycles. The van der Waals surface area contributed by atoms with Crippen molar-refractivity contribution in [2.24, 2.45) is 0 Å². The van der Waals surface area contributed by atoms with Gasteiger partial charge in [-0.3, -0.25) is 9.78 Å². The van der Waals surface area contributed by atoms with E-state index in [2.05, 4.69) is 28.1 Å². The Balaban J connectivity index is 1.67. The van der Waals surface area contributed by atoms with Crippen molar-refractivity contribution in [3.8, 4) is 11.1 Å². The number of rotatable bonds is 3. The predicted molar refractivity (Wildman–Crippen MR) is 98.9 cm³/mol. The highest BCUT2D eigenvalue weighted by molar-refractivity contribution is 5.96. The van der Waals surface area contributed by atoms with Crippen LogP contribution in [-0.2, 0) is 11.2 Å². The fourth-order valence-corrected chi connectivity index (χ4v) is 3.94. The van der Waals surface area contributed by atoms with Crippen LogP contribution in [-0.4, -0.2) is 42.2 Å². The third-order valence-corrected chi connectivity index (χ3v) is 5.40. The topological polar surface area (TPSA) is 56.7 Å². The molecule has 0 bridgehead atoms. The Bertz CT molecular complexity index is 805. The molecule has 25 heavy (non-hydrogen) atoms. The summed E-state index contributed by atoms with van der Waals surface area (Å²) in [5.41, 5.74) is 5.47. The zero-order valence-electron chi connectivity index (χ0n) is 14.5. The molecule has 2 aliphatic heterocycles. The quantitative estimate of drug-likeness (QED) is 0.935. The minimum Gasteiger partial charge on any atom is -0.394 e. The van der Waals surface area contributed by atoms with Crippen molar-refractivity contribution in [3.05, 3.63) is 42.2 Å². The molecule has 2 aliphatic rings. The van der Waals surface area contributed by atoms with Crippen molar-refractivity contribution in [2.75, 3.05) is 30.0 Å². The average Bonchev–Trinajstić information content (AvgIpc) is 3.13. The first-order valence-corrected chi connectivity index (χ1v) is 8.90. The number of amides is 1. The van der Waals surface area contributed by atoms with Crippen LogP contribution in [0.2, 0.25) is 0 Å². The van der Waals surface area contributed by atoms with Gasteiger partial charge in [0.2, 0.25) is 5.91 Å². The lowest BCUT2D eigenvalue weighted by molar-refractivity contribution is -0.118. The molecule has 1 amide bonds. The van der Waals surface area contributed by atoms with Gasteiger partial charge in [0.25, 0.3) is 0 Å². The van der Waals surface area contributed by atoms with E-state index in [9.17, 15) is 9.90 Å². The Hall–Kier alpha value is -2.40. The van der Waals surface area contributed by atoms with Crippen LogP contribution in [0.25, 0.3) is 11.1 Å². The van der Waals surface area contributed by atoms with Crippen LogP contribution in [0.3, 0.4) is 0 Å². The summed E-state index contributed by atoms with van der Waals surface area (Å²) >= 11 is 0. The summed E-state index contributed by atoms with van der Waals surface area (Å²) in [5, 5.41) is 9.57. The summed E-state index contributed by atoms with van der Waals surface area (Å²) in [5.74, 6) is 0.174. The number of carbonyl (C=O) groups excluding carboxylic acids is 1. The molecule has 2 aromatic rings. The number of benzene rings is 1.